The van der Waals surface area contributed by atoms with Gasteiger partial charge in [-0.1, -0.05) is 30.3 Å². The normalized spacial score (nSPS) is 24.2. The van der Waals surface area contributed by atoms with E-state index in [1.807, 2.05) is 6.20 Å². The average Bonchev–Trinajstić information content (AvgIpc) is 2.91. The standard InChI is InChI=1S/C18H20N2/c1-2-8-15-13(5-1)10-11-16(15)20-17-9-3-6-14-7-4-12-19-18(14)17/h1-2,4-5,7-8,12,16-17,20H,3,6,9-11H2. The Morgan fingerprint density at radius 3 is 2.80 bits per heavy atom. The summed E-state index contributed by atoms with van der Waals surface area (Å²) in [4.78, 5) is 4.64. The van der Waals surface area contributed by atoms with Gasteiger partial charge in [-0.2, -0.15) is 0 Å². The minimum atomic E-state index is 0.427. The molecule has 102 valence electrons. The van der Waals surface area contributed by atoms with Gasteiger partial charge in [0.25, 0.3) is 0 Å². The van der Waals surface area contributed by atoms with E-state index in [4.69, 9.17) is 0 Å². The van der Waals surface area contributed by atoms with Gasteiger partial charge in [0.2, 0.25) is 0 Å². The molecule has 1 aromatic heterocycles. The van der Waals surface area contributed by atoms with Crippen molar-refractivity contribution in [3.05, 3.63) is 65.0 Å². The second-order valence-corrected chi connectivity index (χ2v) is 5.95. The molecular formula is C18H20N2. The Morgan fingerprint density at radius 1 is 0.900 bits per heavy atom. The molecule has 2 nitrogen and oxygen atoms in total. The molecule has 0 saturated carbocycles. The minimum absolute atomic E-state index is 0.427. The van der Waals surface area contributed by atoms with Gasteiger partial charge in [-0.15, -0.1) is 0 Å². The van der Waals surface area contributed by atoms with Crippen molar-refractivity contribution in [2.75, 3.05) is 0 Å². The number of hydrogen-bond donors (Lipinski definition) is 1. The average molecular weight is 264 g/mol. The highest BCUT2D eigenvalue weighted by atomic mass is 15.0. The molecule has 0 amide bonds. The van der Waals surface area contributed by atoms with Crippen molar-refractivity contribution >= 4 is 0 Å². The maximum atomic E-state index is 4.64. The number of aromatic nitrogens is 1. The summed E-state index contributed by atoms with van der Waals surface area (Å²) in [5.41, 5.74) is 5.73. The molecule has 1 aromatic carbocycles. The topological polar surface area (TPSA) is 24.9 Å². The zero-order valence-corrected chi connectivity index (χ0v) is 11.7. The summed E-state index contributed by atoms with van der Waals surface area (Å²) in [7, 11) is 0. The summed E-state index contributed by atoms with van der Waals surface area (Å²) >= 11 is 0. The van der Waals surface area contributed by atoms with Crippen LogP contribution in [0.2, 0.25) is 0 Å². The second kappa shape index (κ2) is 5.02. The van der Waals surface area contributed by atoms with E-state index in [0.717, 1.165) is 0 Å². The third-order valence-electron chi connectivity index (χ3n) is 4.73. The smallest absolute Gasteiger partial charge is 0.0605 e. The molecule has 0 spiro atoms. The van der Waals surface area contributed by atoms with E-state index in [1.165, 1.54) is 54.5 Å². The van der Waals surface area contributed by atoms with Crippen LogP contribution in [0.25, 0.3) is 0 Å². The number of benzene rings is 1. The van der Waals surface area contributed by atoms with E-state index < -0.39 is 0 Å². The molecule has 2 heteroatoms. The van der Waals surface area contributed by atoms with E-state index >= 15 is 0 Å². The summed E-state index contributed by atoms with van der Waals surface area (Å²) in [6.45, 7) is 0. The lowest BCUT2D eigenvalue weighted by atomic mass is 9.91. The summed E-state index contributed by atoms with van der Waals surface area (Å²) < 4.78 is 0. The third kappa shape index (κ3) is 2.04. The van der Waals surface area contributed by atoms with E-state index in [9.17, 15) is 0 Å². The molecule has 2 unspecified atom stereocenters. The highest BCUT2D eigenvalue weighted by Crippen LogP contribution is 2.35. The van der Waals surface area contributed by atoms with Gasteiger partial charge >= 0.3 is 0 Å². The summed E-state index contributed by atoms with van der Waals surface area (Å²) in [6, 6.07) is 14.1. The lowest BCUT2D eigenvalue weighted by molar-refractivity contribution is 0.391. The minimum Gasteiger partial charge on any atom is -0.302 e. The first-order chi connectivity index (χ1) is 9.92. The number of rotatable bonds is 2. The van der Waals surface area contributed by atoms with Crippen LogP contribution in [0.5, 0.6) is 0 Å². The quantitative estimate of drug-likeness (QED) is 0.894. The van der Waals surface area contributed by atoms with Crippen molar-refractivity contribution in [3.8, 4) is 0 Å². The molecule has 0 bridgehead atoms. The van der Waals surface area contributed by atoms with Gasteiger partial charge in [0.15, 0.2) is 0 Å². The number of nitrogens with zero attached hydrogens (tertiary/aromatic N) is 1. The number of aryl methyl sites for hydroxylation is 2. The van der Waals surface area contributed by atoms with Gasteiger partial charge < -0.3 is 5.32 Å². The van der Waals surface area contributed by atoms with Crippen molar-refractivity contribution in [1.29, 1.82) is 0 Å². The van der Waals surface area contributed by atoms with E-state index in [1.54, 1.807) is 0 Å². The van der Waals surface area contributed by atoms with Crippen molar-refractivity contribution in [3.63, 3.8) is 0 Å². The third-order valence-corrected chi connectivity index (χ3v) is 4.73. The van der Waals surface area contributed by atoms with Gasteiger partial charge in [-0.05, 0) is 54.9 Å². The monoisotopic (exact) mass is 264 g/mol. The fraction of sp³-hybridized carbons (Fsp3) is 0.389. The van der Waals surface area contributed by atoms with Crippen LogP contribution < -0.4 is 5.32 Å². The zero-order valence-electron chi connectivity index (χ0n) is 11.7. The van der Waals surface area contributed by atoms with Gasteiger partial charge in [0, 0.05) is 12.2 Å². The lowest BCUT2D eigenvalue weighted by Gasteiger charge is -2.28. The Bertz CT molecular complexity index is 620. The Hall–Kier alpha value is -1.67. The van der Waals surface area contributed by atoms with E-state index in [-0.39, 0.29) is 0 Å². The predicted octanol–water partition coefficient (Wildman–Crippen LogP) is 3.74. The number of hydrogen-bond acceptors (Lipinski definition) is 2. The molecule has 1 N–H and O–H groups in total. The molecule has 0 fully saturated rings. The first kappa shape index (κ1) is 12.1. The summed E-state index contributed by atoms with van der Waals surface area (Å²) in [5, 5.41) is 3.87. The van der Waals surface area contributed by atoms with Crippen LogP contribution in [0.4, 0.5) is 0 Å². The van der Waals surface area contributed by atoms with Crippen LogP contribution >= 0.6 is 0 Å². The number of pyridine rings is 1. The molecule has 20 heavy (non-hydrogen) atoms. The van der Waals surface area contributed by atoms with Crippen molar-refractivity contribution in [2.24, 2.45) is 0 Å². The molecule has 1 heterocycles. The van der Waals surface area contributed by atoms with Gasteiger partial charge in [0.05, 0.1) is 11.7 Å². The molecule has 0 radical (unpaired) electrons. The molecule has 2 aliphatic rings. The molecule has 0 saturated heterocycles. The lowest BCUT2D eigenvalue weighted by Crippen LogP contribution is -2.29. The summed E-state index contributed by atoms with van der Waals surface area (Å²) in [6.07, 6.45) is 8.02. The van der Waals surface area contributed by atoms with Crippen LogP contribution in [0.3, 0.4) is 0 Å². The Kier molecular flexibility index (Phi) is 3.04. The zero-order chi connectivity index (χ0) is 13.4. The van der Waals surface area contributed by atoms with Crippen molar-refractivity contribution in [2.45, 2.75) is 44.2 Å². The van der Waals surface area contributed by atoms with Crippen LogP contribution in [0.15, 0.2) is 42.6 Å². The SMILES string of the molecule is c1ccc2c(c1)CCC2NC1CCCc2cccnc21. The Balaban J connectivity index is 1.59. The van der Waals surface area contributed by atoms with Crippen LogP contribution in [0, 0.1) is 0 Å². The molecule has 2 aromatic rings. The van der Waals surface area contributed by atoms with E-state index in [2.05, 4.69) is 46.7 Å². The molecule has 0 aliphatic heterocycles. The maximum absolute atomic E-state index is 4.64. The fourth-order valence-electron chi connectivity index (χ4n) is 3.74. The summed E-state index contributed by atoms with van der Waals surface area (Å²) in [5.74, 6) is 0. The first-order valence-electron chi connectivity index (χ1n) is 7.69. The maximum Gasteiger partial charge on any atom is 0.0605 e. The number of nitrogens with one attached hydrogen (secondary N) is 1. The first-order valence-corrected chi connectivity index (χ1v) is 7.69. The van der Waals surface area contributed by atoms with E-state index in [0.29, 0.717) is 12.1 Å². The Morgan fingerprint density at radius 2 is 1.80 bits per heavy atom. The van der Waals surface area contributed by atoms with Gasteiger partial charge in [0.1, 0.15) is 0 Å². The second-order valence-electron chi connectivity index (χ2n) is 5.95. The molecule has 4 rings (SSSR count). The van der Waals surface area contributed by atoms with Crippen LogP contribution in [0.1, 0.15) is 53.7 Å². The van der Waals surface area contributed by atoms with Crippen molar-refractivity contribution < 1.29 is 0 Å². The number of fused-ring (bicyclic) bond motifs is 2. The molecule has 2 atom stereocenters. The van der Waals surface area contributed by atoms with Crippen molar-refractivity contribution in [1.82, 2.24) is 10.3 Å². The van der Waals surface area contributed by atoms with Gasteiger partial charge in [-0.3, -0.25) is 4.98 Å². The highest BCUT2D eigenvalue weighted by molar-refractivity contribution is 5.35. The van der Waals surface area contributed by atoms with Crippen LogP contribution in [-0.4, -0.2) is 4.98 Å². The van der Waals surface area contributed by atoms with Crippen LogP contribution in [-0.2, 0) is 12.8 Å². The predicted molar refractivity (Wildman–Crippen MR) is 80.6 cm³/mol. The fourth-order valence-corrected chi connectivity index (χ4v) is 3.74. The highest BCUT2D eigenvalue weighted by Gasteiger charge is 2.27. The Labute approximate surface area is 120 Å². The molecular weight excluding hydrogens is 244 g/mol. The molecule has 2 aliphatic carbocycles. The largest absolute Gasteiger partial charge is 0.302 e. The van der Waals surface area contributed by atoms with Gasteiger partial charge in [-0.25, -0.2) is 0 Å².